The molecule has 0 unspecified atom stereocenters. The maximum atomic E-state index is 11.6. The number of hydrogen-bond donors (Lipinski definition) is 1. The fourth-order valence-corrected chi connectivity index (χ4v) is 1.69. The topological polar surface area (TPSA) is 38.3 Å². The van der Waals surface area contributed by atoms with Crippen LogP contribution in [-0.4, -0.2) is 25.7 Å². The molecule has 3 nitrogen and oxygen atoms in total. The van der Waals surface area contributed by atoms with E-state index in [2.05, 4.69) is 24.4 Å². The van der Waals surface area contributed by atoms with Crippen molar-refractivity contribution < 1.29 is 9.53 Å². The molecule has 17 heavy (non-hydrogen) atoms. The third-order valence-corrected chi connectivity index (χ3v) is 3.00. The summed E-state index contributed by atoms with van der Waals surface area (Å²) in [6.45, 7) is 4.62. The van der Waals surface area contributed by atoms with Crippen molar-refractivity contribution in [1.29, 1.82) is 0 Å². The molecule has 0 heterocycles. The summed E-state index contributed by atoms with van der Waals surface area (Å²) < 4.78 is 4.88. The molecular weight excluding hydrogens is 214 g/mol. The van der Waals surface area contributed by atoms with Crippen molar-refractivity contribution >= 4 is 5.91 Å². The summed E-state index contributed by atoms with van der Waals surface area (Å²) in [5.41, 5.74) is 1.24. The van der Waals surface area contributed by atoms with E-state index in [1.54, 1.807) is 7.11 Å². The number of benzene rings is 1. The molecule has 0 fully saturated rings. The highest BCUT2D eigenvalue weighted by Crippen LogP contribution is 2.18. The molecule has 0 spiro atoms. The van der Waals surface area contributed by atoms with Gasteiger partial charge in [-0.3, -0.25) is 4.79 Å². The fraction of sp³-hybridized carbons (Fsp3) is 0.500. The Morgan fingerprint density at radius 1 is 1.29 bits per heavy atom. The first-order valence-corrected chi connectivity index (χ1v) is 5.98. The van der Waals surface area contributed by atoms with Crippen LogP contribution in [0.2, 0.25) is 0 Å². The predicted octanol–water partition coefficient (Wildman–Crippen LogP) is 2.33. The number of amides is 1. The van der Waals surface area contributed by atoms with Gasteiger partial charge in [-0.1, -0.05) is 37.3 Å². The predicted molar refractivity (Wildman–Crippen MR) is 69.0 cm³/mol. The maximum Gasteiger partial charge on any atom is 0.222 e. The summed E-state index contributed by atoms with van der Waals surface area (Å²) in [6, 6.07) is 10.3. The lowest BCUT2D eigenvalue weighted by Crippen LogP contribution is -2.36. The summed E-state index contributed by atoms with van der Waals surface area (Å²) in [5, 5.41) is 2.99. The van der Waals surface area contributed by atoms with Crippen molar-refractivity contribution in [3.05, 3.63) is 35.9 Å². The zero-order valence-corrected chi connectivity index (χ0v) is 10.8. The van der Waals surface area contributed by atoms with Gasteiger partial charge in [0.15, 0.2) is 0 Å². The number of hydrogen-bond acceptors (Lipinski definition) is 2. The lowest BCUT2D eigenvalue weighted by Gasteiger charge is -2.21. The van der Waals surface area contributed by atoms with E-state index >= 15 is 0 Å². The van der Waals surface area contributed by atoms with Gasteiger partial charge in [-0.25, -0.2) is 0 Å². The smallest absolute Gasteiger partial charge is 0.222 e. The molecule has 0 radical (unpaired) electrons. The minimum absolute atomic E-state index is 0.0436. The van der Waals surface area contributed by atoms with Crippen molar-refractivity contribution in [3.8, 4) is 0 Å². The van der Waals surface area contributed by atoms with Crippen LogP contribution in [0.15, 0.2) is 30.3 Å². The molecule has 1 aromatic carbocycles. The second-order valence-electron chi connectivity index (χ2n) is 4.30. The lowest BCUT2D eigenvalue weighted by molar-refractivity contribution is -0.122. The van der Waals surface area contributed by atoms with Gasteiger partial charge in [0.25, 0.3) is 0 Å². The molecule has 3 heteroatoms. The van der Waals surface area contributed by atoms with Gasteiger partial charge in [-0.2, -0.15) is 0 Å². The van der Waals surface area contributed by atoms with Crippen LogP contribution in [0, 0.1) is 0 Å². The number of carbonyl (C=O) groups is 1. The van der Waals surface area contributed by atoms with Crippen molar-refractivity contribution in [2.45, 2.75) is 32.2 Å². The molecule has 0 aliphatic rings. The first-order chi connectivity index (χ1) is 8.15. The van der Waals surface area contributed by atoms with Crippen LogP contribution >= 0.6 is 0 Å². The number of nitrogens with one attached hydrogen (secondary N) is 1. The summed E-state index contributed by atoms with van der Waals surface area (Å²) in [5.74, 6) is 0.352. The Hall–Kier alpha value is -1.35. The zero-order chi connectivity index (χ0) is 12.7. The molecule has 0 aromatic heterocycles. The van der Waals surface area contributed by atoms with Crippen LogP contribution in [-0.2, 0) is 9.53 Å². The van der Waals surface area contributed by atoms with Crippen molar-refractivity contribution in [2.75, 3.05) is 13.7 Å². The minimum atomic E-state index is 0.0436. The van der Waals surface area contributed by atoms with E-state index in [4.69, 9.17) is 4.74 Å². The van der Waals surface area contributed by atoms with Crippen LogP contribution in [0.1, 0.15) is 31.7 Å². The Morgan fingerprint density at radius 2 is 1.94 bits per heavy atom. The molecule has 2 atom stereocenters. The molecule has 0 bridgehead atoms. The maximum absolute atomic E-state index is 11.6. The van der Waals surface area contributed by atoms with E-state index in [0.29, 0.717) is 18.9 Å². The summed E-state index contributed by atoms with van der Waals surface area (Å²) in [7, 11) is 1.60. The van der Waals surface area contributed by atoms with Gasteiger partial charge in [0.05, 0.1) is 6.61 Å². The van der Waals surface area contributed by atoms with Gasteiger partial charge in [0.1, 0.15) is 0 Å². The zero-order valence-electron chi connectivity index (χ0n) is 10.8. The average molecular weight is 235 g/mol. The van der Waals surface area contributed by atoms with Gasteiger partial charge in [-0.05, 0) is 12.5 Å². The quantitative estimate of drug-likeness (QED) is 0.822. The van der Waals surface area contributed by atoms with E-state index in [-0.39, 0.29) is 11.9 Å². The largest absolute Gasteiger partial charge is 0.384 e. The summed E-state index contributed by atoms with van der Waals surface area (Å²) >= 11 is 0. The molecule has 1 amide bonds. The van der Waals surface area contributed by atoms with Crippen LogP contribution in [0.5, 0.6) is 0 Å². The number of methoxy groups -OCH3 is 1. The molecule has 1 aromatic rings. The summed E-state index contributed by atoms with van der Waals surface area (Å²) in [4.78, 5) is 11.6. The molecule has 1 N–H and O–H groups in total. The van der Waals surface area contributed by atoms with Gasteiger partial charge in [0, 0.05) is 25.5 Å². The highest BCUT2D eigenvalue weighted by Gasteiger charge is 2.15. The number of ether oxygens (including phenoxy) is 1. The fourth-order valence-electron chi connectivity index (χ4n) is 1.69. The van der Waals surface area contributed by atoms with Crippen molar-refractivity contribution in [1.82, 2.24) is 5.32 Å². The van der Waals surface area contributed by atoms with Gasteiger partial charge < -0.3 is 10.1 Å². The first-order valence-electron chi connectivity index (χ1n) is 5.98. The lowest BCUT2D eigenvalue weighted by atomic mass is 9.94. The molecular formula is C14H21NO2. The second kappa shape index (κ2) is 7.07. The SMILES string of the molecule is COCCC(=O)N[C@H](C)[C@H](C)c1ccccc1. The van der Waals surface area contributed by atoms with Crippen LogP contribution in [0.3, 0.4) is 0 Å². The van der Waals surface area contributed by atoms with E-state index in [0.717, 1.165) is 0 Å². The van der Waals surface area contributed by atoms with E-state index in [9.17, 15) is 4.79 Å². The van der Waals surface area contributed by atoms with Gasteiger partial charge in [0.2, 0.25) is 5.91 Å². The highest BCUT2D eigenvalue weighted by molar-refractivity contribution is 5.76. The van der Waals surface area contributed by atoms with E-state index in [1.165, 1.54) is 5.56 Å². The highest BCUT2D eigenvalue weighted by atomic mass is 16.5. The standard InChI is InChI=1S/C14H21NO2/c1-11(13-7-5-4-6-8-13)12(2)15-14(16)9-10-17-3/h4-8,11-12H,9-10H2,1-3H3,(H,15,16)/t11-,12+/m0/s1. The Bertz CT molecular complexity index is 337. The second-order valence-corrected chi connectivity index (χ2v) is 4.30. The van der Waals surface area contributed by atoms with Crippen LogP contribution in [0.4, 0.5) is 0 Å². The normalized spacial score (nSPS) is 14.1. The Kier molecular flexibility index (Phi) is 5.70. The first kappa shape index (κ1) is 13.7. The Labute approximate surface area is 103 Å². The van der Waals surface area contributed by atoms with E-state index < -0.39 is 0 Å². The third kappa shape index (κ3) is 4.57. The molecule has 0 aliphatic carbocycles. The molecule has 1 rings (SSSR count). The van der Waals surface area contributed by atoms with E-state index in [1.807, 2.05) is 25.1 Å². The molecule has 0 saturated heterocycles. The monoisotopic (exact) mass is 235 g/mol. The van der Waals surface area contributed by atoms with Crippen molar-refractivity contribution in [2.24, 2.45) is 0 Å². The molecule has 94 valence electrons. The van der Waals surface area contributed by atoms with Gasteiger partial charge in [-0.15, -0.1) is 0 Å². The van der Waals surface area contributed by atoms with Crippen LogP contribution in [0.25, 0.3) is 0 Å². The molecule has 0 aliphatic heterocycles. The van der Waals surface area contributed by atoms with Crippen LogP contribution < -0.4 is 5.32 Å². The Morgan fingerprint density at radius 3 is 2.53 bits per heavy atom. The summed E-state index contributed by atoms with van der Waals surface area (Å²) in [6.07, 6.45) is 0.419. The average Bonchev–Trinajstić information content (AvgIpc) is 2.36. The Balaban J connectivity index is 2.47. The molecule has 0 saturated carbocycles. The number of rotatable bonds is 6. The minimum Gasteiger partial charge on any atom is -0.384 e. The third-order valence-electron chi connectivity index (χ3n) is 3.00. The van der Waals surface area contributed by atoms with Crippen molar-refractivity contribution in [3.63, 3.8) is 0 Å². The number of carbonyl (C=O) groups excluding carboxylic acids is 1. The van der Waals surface area contributed by atoms with Gasteiger partial charge >= 0.3 is 0 Å².